The molecule has 0 aliphatic carbocycles. The van der Waals surface area contributed by atoms with Gasteiger partial charge in [-0.2, -0.15) is 4.68 Å². The van der Waals surface area contributed by atoms with Crippen molar-refractivity contribution in [2.45, 2.75) is 31.8 Å². The van der Waals surface area contributed by atoms with Gasteiger partial charge in [0.2, 0.25) is 11.1 Å². The Hall–Kier alpha value is -1.89. The number of amides is 1. The summed E-state index contributed by atoms with van der Waals surface area (Å²) < 4.78 is 1.72. The fourth-order valence-electron chi connectivity index (χ4n) is 2.12. The normalized spacial score (nSPS) is 10.6. The van der Waals surface area contributed by atoms with Crippen molar-refractivity contribution in [3.8, 4) is 5.69 Å². The Bertz CT molecular complexity index is 583. The topological polar surface area (TPSA) is 63.9 Å². The largest absolute Gasteiger partial charge is 0.343 e. The molecule has 1 amide bonds. The molecule has 2 aromatic rings. The van der Waals surface area contributed by atoms with E-state index in [1.54, 1.807) is 16.4 Å². The molecule has 22 heavy (non-hydrogen) atoms. The van der Waals surface area contributed by atoms with E-state index in [0.717, 1.165) is 36.1 Å². The Kier molecular flexibility index (Phi) is 6.39. The Morgan fingerprint density at radius 1 is 1.23 bits per heavy atom. The van der Waals surface area contributed by atoms with Gasteiger partial charge in [0.25, 0.3) is 0 Å². The Morgan fingerprint density at radius 3 is 2.64 bits per heavy atom. The number of hydrogen-bond acceptors (Lipinski definition) is 5. The first-order chi connectivity index (χ1) is 10.8. The molecular weight excluding hydrogens is 298 g/mol. The van der Waals surface area contributed by atoms with E-state index in [9.17, 15) is 4.79 Å². The second-order valence-corrected chi connectivity index (χ2v) is 5.79. The van der Waals surface area contributed by atoms with Gasteiger partial charge in [-0.25, -0.2) is 0 Å². The van der Waals surface area contributed by atoms with Gasteiger partial charge < -0.3 is 4.90 Å². The highest BCUT2D eigenvalue weighted by Crippen LogP contribution is 2.19. The van der Waals surface area contributed by atoms with Crippen molar-refractivity contribution < 1.29 is 4.79 Å². The summed E-state index contributed by atoms with van der Waals surface area (Å²) in [6.07, 6.45) is 1.39. The zero-order chi connectivity index (χ0) is 15.8. The quantitative estimate of drug-likeness (QED) is 0.552. The van der Waals surface area contributed by atoms with Crippen molar-refractivity contribution >= 4 is 17.7 Å². The SMILES string of the molecule is CCN(CC)C(=O)CCCSc1nnnn1-c1ccccc1. The van der Waals surface area contributed by atoms with E-state index in [2.05, 4.69) is 15.5 Å². The third kappa shape index (κ3) is 4.30. The maximum Gasteiger partial charge on any atom is 0.222 e. The standard InChI is InChI=1S/C15H21N5OS/c1-3-19(4-2)14(21)11-8-12-22-15-16-17-18-20(15)13-9-6-5-7-10-13/h5-7,9-10H,3-4,8,11-12H2,1-2H3. The summed E-state index contributed by atoms with van der Waals surface area (Å²) in [5.74, 6) is 1.04. The van der Waals surface area contributed by atoms with E-state index in [-0.39, 0.29) is 5.91 Å². The summed E-state index contributed by atoms with van der Waals surface area (Å²) in [5, 5.41) is 12.5. The minimum Gasteiger partial charge on any atom is -0.343 e. The molecule has 118 valence electrons. The number of para-hydroxylation sites is 1. The highest BCUT2D eigenvalue weighted by atomic mass is 32.2. The monoisotopic (exact) mass is 319 g/mol. The molecule has 0 fully saturated rings. The number of carbonyl (C=O) groups is 1. The average molecular weight is 319 g/mol. The van der Waals surface area contributed by atoms with Crippen molar-refractivity contribution in [1.82, 2.24) is 25.1 Å². The van der Waals surface area contributed by atoms with Gasteiger partial charge in [-0.1, -0.05) is 30.0 Å². The summed E-state index contributed by atoms with van der Waals surface area (Å²) in [6.45, 7) is 5.55. The van der Waals surface area contributed by atoms with E-state index >= 15 is 0 Å². The molecular formula is C15H21N5OS. The molecule has 0 unspecified atom stereocenters. The molecule has 0 N–H and O–H groups in total. The van der Waals surface area contributed by atoms with Gasteiger partial charge in [0.15, 0.2) is 0 Å². The number of rotatable bonds is 8. The van der Waals surface area contributed by atoms with E-state index in [4.69, 9.17) is 0 Å². The van der Waals surface area contributed by atoms with Crippen LogP contribution < -0.4 is 0 Å². The fourth-order valence-corrected chi connectivity index (χ4v) is 2.95. The predicted octanol–water partition coefficient (Wildman–Crippen LogP) is 2.40. The summed E-state index contributed by atoms with van der Waals surface area (Å²) in [5.41, 5.74) is 0.939. The summed E-state index contributed by atoms with van der Waals surface area (Å²) >= 11 is 1.57. The molecule has 0 aliphatic rings. The molecule has 6 nitrogen and oxygen atoms in total. The van der Waals surface area contributed by atoms with Crippen molar-refractivity contribution in [2.24, 2.45) is 0 Å². The van der Waals surface area contributed by atoms with Crippen molar-refractivity contribution in [1.29, 1.82) is 0 Å². The van der Waals surface area contributed by atoms with Crippen LogP contribution in [0.3, 0.4) is 0 Å². The van der Waals surface area contributed by atoms with Crippen LogP contribution in [-0.4, -0.2) is 49.9 Å². The molecule has 0 aliphatic heterocycles. The molecule has 2 rings (SSSR count). The van der Waals surface area contributed by atoms with E-state index in [0.29, 0.717) is 6.42 Å². The third-order valence-corrected chi connectivity index (χ3v) is 4.33. The van der Waals surface area contributed by atoms with Crippen LogP contribution in [0, 0.1) is 0 Å². The lowest BCUT2D eigenvalue weighted by Gasteiger charge is -2.18. The van der Waals surface area contributed by atoms with Crippen LogP contribution in [0.25, 0.3) is 5.69 Å². The molecule has 0 bridgehead atoms. The maximum atomic E-state index is 11.9. The Labute approximate surface area is 134 Å². The summed E-state index contributed by atoms with van der Waals surface area (Å²) in [7, 11) is 0. The third-order valence-electron chi connectivity index (χ3n) is 3.32. The molecule has 1 aromatic heterocycles. The Morgan fingerprint density at radius 2 is 1.95 bits per heavy atom. The fraction of sp³-hybridized carbons (Fsp3) is 0.467. The number of aromatic nitrogens is 4. The van der Waals surface area contributed by atoms with Crippen LogP contribution in [0.15, 0.2) is 35.5 Å². The van der Waals surface area contributed by atoms with Gasteiger partial charge in [0, 0.05) is 25.3 Å². The lowest BCUT2D eigenvalue weighted by Crippen LogP contribution is -2.30. The molecule has 0 saturated carbocycles. The first-order valence-corrected chi connectivity index (χ1v) is 8.49. The molecule has 0 radical (unpaired) electrons. The van der Waals surface area contributed by atoms with Gasteiger partial charge in [0.05, 0.1) is 5.69 Å². The number of benzene rings is 1. The first-order valence-electron chi connectivity index (χ1n) is 7.50. The van der Waals surface area contributed by atoms with Gasteiger partial charge >= 0.3 is 0 Å². The highest BCUT2D eigenvalue weighted by Gasteiger charge is 2.11. The van der Waals surface area contributed by atoms with Crippen molar-refractivity contribution in [3.63, 3.8) is 0 Å². The number of nitrogens with zero attached hydrogens (tertiary/aromatic N) is 5. The minimum atomic E-state index is 0.216. The summed E-state index contributed by atoms with van der Waals surface area (Å²) in [6, 6.07) is 9.79. The van der Waals surface area contributed by atoms with Crippen LogP contribution >= 0.6 is 11.8 Å². The lowest BCUT2D eigenvalue weighted by molar-refractivity contribution is -0.130. The van der Waals surface area contributed by atoms with Crippen molar-refractivity contribution in [2.75, 3.05) is 18.8 Å². The van der Waals surface area contributed by atoms with Crippen LogP contribution in [0.5, 0.6) is 0 Å². The van der Waals surface area contributed by atoms with Crippen LogP contribution in [-0.2, 0) is 4.79 Å². The smallest absolute Gasteiger partial charge is 0.222 e. The van der Waals surface area contributed by atoms with E-state index in [1.165, 1.54) is 0 Å². The molecule has 1 heterocycles. The first kappa shape index (κ1) is 16.5. The zero-order valence-electron chi connectivity index (χ0n) is 13.0. The number of thioether (sulfide) groups is 1. The molecule has 0 saturated heterocycles. The Balaban J connectivity index is 1.84. The number of carbonyl (C=O) groups excluding carboxylic acids is 1. The average Bonchev–Trinajstić information content (AvgIpc) is 3.02. The van der Waals surface area contributed by atoms with Crippen LogP contribution in [0.2, 0.25) is 0 Å². The second kappa shape index (κ2) is 8.53. The molecule has 0 atom stereocenters. The van der Waals surface area contributed by atoms with E-state index < -0.39 is 0 Å². The van der Waals surface area contributed by atoms with Crippen LogP contribution in [0.4, 0.5) is 0 Å². The molecule has 7 heteroatoms. The lowest BCUT2D eigenvalue weighted by atomic mass is 10.3. The van der Waals surface area contributed by atoms with Gasteiger partial charge in [-0.05, 0) is 42.8 Å². The maximum absolute atomic E-state index is 11.9. The summed E-state index contributed by atoms with van der Waals surface area (Å²) in [4.78, 5) is 13.8. The van der Waals surface area contributed by atoms with Crippen LogP contribution in [0.1, 0.15) is 26.7 Å². The van der Waals surface area contributed by atoms with Gasteiger partial charge in [-0.15, -0.1) is 5.10 Å². The van der Waals surface area contributed by atoms with Gasteiger partial charge in [-0.3, -0.25) is 4.79 Å². The van der Waals surface area contributed by atoms with E-state index in [1.807, 2.05) is 49.1 Å². The number of hydrogen-bond donors (Lipinski definition) is 0. The highest BCUT2D eigenvalue weighted by molar-refractivity contribution is 7.99. The minimum absolute atomic E-state index is 0.216. The molecule has 1 aromatic carbocycles. The predicted molar refractivity (Wildman–Crippen MR) is 87.0 cm³/mol. The van der Waals surface area contributed by atoms with Gasteiger partial charge in [0.1, 0.15) is 0 Å². The zero-order valence-corrected chi connectivity index (χ0v) is 13.8. The second-order valence-electron chi connectivity index (χ2n) is 4.73. The molecule has 0 spiro atoms. The number of tetrazole rings is 1. The van der Waals surface area contributed by atoms with Crippen molar-refractivity contribution in [3.05, 3.63) is 30.3 Å².